The van der Waals surface area contributed by atoms with Crippen LogP contribution < -0.4 is 0 Å². The third kappa shape index (κ3) is 5.27. The minimum absolute atomic E-state index is 0.185. The minimum Gasteiger partial charge on any atom is -0.381 e. The molecule has 1 heterocycles. The van der Waals surface area contributed by atoms with Crippen molar-refractivity contribution in [2.24, 2.45) is 0 Å². The van der Waals surface area contributed by atoms with Gasteiger partial charge >= 0.3 is 0 Å². The van der Waals surface area contributed by atoms with Crippen LogP contribution in [0.4, 0.5) is 0 Å². The minimum atomic E-state index is 0.185. The molecule has 0 bridgehead atoms. The first-order valence-electron chi connectivity index (χ1n) is 5.32. The van der Waals surface area contributed by atoms with E-state index in [2.05, 4.69) is 11.9 Å². The van der Waals surface area contributed by atoms with Gasteiger partial charge in [0.15, 0.2) is 0 Å². The molecule has 0 saturated heterocycles. The summed E-state index contributed by atoms with van der Waals surface area (Å²) < 4.78 is 5.25. The molecular weight excluding hydrogens is 190 g/mol. The Hall–Kier alpha value is -1.22. The highest BCUT2D eigenvalue weighted by Crippen LogP contribution is 1.98. The summed E-state index contributed by atoms with van der Waals surface area (Å²) in [5.41, 5.74) is 0.831. The number of nitrogens with zero attached hydrogens (tertiary/aromatic N) is 1. The second-order valence-electron chi connectivity index (χ2n) is 3.40. The topological polar surface area (TPSA) is 39.2 Å². The lowest BCUT2D eigenvalue weighted by Gasteiger charge is -2.01. The molecule has 0 saturated carbocycles. The third-order valence-electron chi connectivity index (χ3n) is 1.98. The summed E-state index contributed by atoms with van der Waals surface area (Å²) in [6.45, 7) is 3.31. The van der Waals surface area contributed by atoms with Gasteiger partial charge in [-0.3, -0.25) is 9.78 Å². The number of Topliss-reactive ketones (excluding diaryl/α,β-unsaturated/α-hetero) is 1. The zero-order valence-corrected chi connectivity index (χ0v) is 9.11. The highest BCUT2D eigenvalue weighted by atomic mass is 16.5. The first-order valence-corrected chi connectivity index (χ1v) is 5.32. The summed E-state index contributed by atoms with van der Waals surface area (Å²) in [6, 6.07) is 5.60. The molecule has 1 rings (SSSR count). The molecule has 1 aromatic heterocycles. The van der Waals surface area contributed by atoms with E-state index in [0.717, 1.165) is 18.7 Å². The lowest BCUT2D eigenvalue weighted by atomic mass is 10.1. The van der Waals surface area contributed by atoms with Crippen LogP contribution in [0.1, 0.15) is 25.5 Å². The van der Waals surface area contributed by atoms with Crippen molar-refractivity contribution in [2.75, 3.05) is 13.2 Å². The quantitative estimate of drug-likeness (QED) is 0.642. The molecule has 1 aromatic rings. The van der Waals surface area contributed by atoms with Crippen LogP contribution in [0.5, 0.6) is 0 Å². The van der Waals surface area contributed by atoms with Gasteiger partial charge in [-0.15, -0.1) is 0 Å². The van der Waals surface area contributed by atoms with E-state index in [4.69, 9.17) is 4.74 Å². The van der Waals surface area contributed by atoms with Crippen molar-refractivity contribution >= 4 is 5.78 Å². The number of rotatable bonds is 7. The predicted octanol–water partition coefficient (Wildman–Crippen LogP) is 2.01. The summed E-state index contributed by atoms with van der Waals surface area (Å²) in [5, 5.41) is 0. The Morgan fingerprint density at radius 2 is 2.27 bits per heavy atom. The van der Waals surface area contributed by atoms with Crippen molar-refractivity contribution in [3.05, 3.63) is 30.1 Å². The Morgan fingerprint density at radius 3 is 2.93 bits per heavy atom. The van der Waals surface area contributed by atoms with Crippen LogP contribution in [0, 0.1) is 0 Å². The standard InChI is InChI=1S/C12H17NO2/c1-2-8-15-9-6-12(14)10-11-5-3-4-7-13-11/h3-5,7H,2,6,8-10H2,1H3. The van der Waals surface area contributed by atoms with Gasteiger partial charge in [-0.25, -0.2) is 0 Å². The van der Waals surface area contributed by atoms with Crippen molar-refractivity contribution in [1.29, 1.82) is 0 Å². The lowest BCUT2D eigenvalue weighted by Crippen LogP contribution is -2.08. The fourth-order valence-electron chi connectivity index (χ4n) is 1.23. The van der Waals surface area contributed by atoms with E-state index in [9.17, 15) is 4.79 Å². The molecule has 0 N–H and O–H groups in total. The average Bonchev–Trinajstić information content (AvgIpc) is 2.26. The number of carbonyl (C=O) groups excluding carboxylic acids is 1. The van der Waals surface area contributed by atoms with Gasteiger partial charge in [0.1, 0.15) is 5.78 Å². The molecule has 15 heavy (non-hydrogen) atoms. The first-order chi connectivity index (χ1) is 7.33. The molecule has 3 heteroatoms. The van der Waals surface area contributed by atoms with Gasteiger partial charge in [0.25, 0.3) is 0 Å². The van der Waals surface area contributed by atoms with Gasteiger partial charge in [-0.05, 0) is 18.6 Å². The molecule has 3 nitrogen and oxygen atoms in total. The van der Waals surface area contributed by atoms with E-state index in [1.165, 1.54) is 0 Å². The largest absolute Gasteiger partial charge is 0.381 e. The van der Waals surface area contributed by atoms with E-state index < -0.39 is 0 Å². The highest BCUT2D eigenvalue weighted by molar-refractivity contribution is 5.80. The van der Waals surface area contributed by atoms with Gasteiger partial charge in [0.05, 0.1) is 6.61 Å². The number of hydrogen-bond acceptors (Lipinski definition) is 3. The molecule has 0 fully saturated rings. The van der Waals surface area contributed by atoms with Crippen LogP contribution in [-0.4, -0.2) is 24.0 Å². The second kappa shape index (κ2) is 7.12. The first kappa shape index (κ1) is 11.9. The molecule has 0 amide bonds. The smallest absolute Gasteiger partial charge is 0.141 e. The van der Waals surface area contributed by atoms with E-state index >= 15 is 0 Å². The fourth-order valence-corrected chi connectivity index (χ4v) is 1.23. The molecule has 0 unspecified atom stereocenters. The number of hydrogen-bond donors (Lipinski definition) is 0. The maximum atomic E-state index is 11.5. The molecule has 0 aliphatic rings. The zero-order valence-electron chi connectivity index (χ0n) is 9.11. The van der Waals surface area contributed by atoms with Gasteiger partial charge < -0.3 is 4.74 Å². The van der Waals surface area contributed by atoms with E-state index in [1.54, 1.807) is 6.20 Å². The molecular formula is C12H17NO2. The molecule has 0 aromatic carbocycles. The van der Waals surface area contributed by atoms with Crippen LogP contribution in [0.3, 0.4) is 0 Å². The molecule has 0 radical (unpaired) electrons. The molecule has 0 atom stereocenters. The van der Waals surface area contributed by atoms with Crippen LogP contribution >= 0.6 is 0 Å². The number of aromatic nitrogens is 1. The molecule has 0 spiro atoms. The normalized spacial score (nSPS) is 10.2. The van der Waals surface area contributed by atoms with E-state index in [0.29, 0.717) is 19.4 Å². The van der Waals surface area contributed by atoms with Gasteiger partial charge in [-0.2, -0.15) is 0 Å². The number of ketones is 1. The average molecular weight is 207 g/mol. The van der Waals surface area contributed by atoms with Crippen LogP contribution in [-0.2, 0) is 16.0 Å². The summed E-state index contributed by atoms with van der Waals surface area (Å²) in [4.78, 5) is 15.6. The Morgan fingerprint density at radius 1 is 1.40 bits per heavy atom. The SMILES string of the molecule is CCCOCCC(=O)Cc1ccccn1. The summed E-state index contributed by atoms with van der Waals surface area (Å²) >= 11 is 0. The summed E-state index contributed by atoms with van der Waals surface area (Å²) in [5.74, 6) is 0.185. The molecule has 0 aliphatic heterocycles. The molecule has 0 aliphatic carbocycles. The second-order valence-corrected chi connectivity index (χ2v) is 3.40. The van der Waals surface area contributed by atoms with Crippen molar-refractivity contribution in [1.82, 2.24) is 4.98 Å². The third-order valence-corrected chi connectivity index (χ3v) is 1.98. The van der Waals surface area contributed by atoms with Gasteiger partial charge in [0.2, 0.25) is 0 Å². The maximum absolute atomic E-state index is 11.5. The monoisotopic (exact) mass is 207 g/mol. The van der Waals surface area contributed by atoms with Crippen molar-refractivity contribution in [3.63, 3.8) is 0 Å². The zero-order chi connectivity index (χ0) is 10.9. The molecule has 82 valence electrons. The Bertz CT molecular complexity index is 285. The highest BCUT2D eigenvalue weighted by Gasteiger charge is 2.03. The van der Waals surface area contributed by atoms with Crippen LogP contribution in [0.25, 0.3) is 0 Å². The summed E-state index contributed by atoms with van der Waals surface area (Å²) in [7, 11) is 0. The summed E-state index contributed by atoms with van der Waals surface area (Å²) in [6.07, 6.45) is 3.59. The van der Waals surface area contributed by atoms with Crippen molar-refractivity contribution < 1.29 is 9.53 Å². The Labute approximate surface area is 90.5 Å². The lowest BCUT2D eigenvalue weighted by molar-refractivity contribution is -0.119. The van der Waals surface area contributed by atoms with Gasteiger partial charge in [0, 0.05) is 31.3 Å². The Balaban J connectivity index is 2.19. The Kier molecular flexibility index (Phi) is 5.63. The number of carbonyl (C=O) groups is 1. The van der Waals surface area contributed by atoms with E-state index in [1.807, 2.05) is 18.2 Å². The van der Waals surface area contributed by atoms with Crippen molar-refractivity contribution in [2.45, 2.75) is 26.2 Å². The number of pyridine rings is 1. The van der Waals surface area contributed by atoms with E-state index in [-0.39, 0.29) is 5.78 Å². The van der Waals surface area contributed by atoms with Crippen LogP contribution in [0.15, 0.2) is 24.4 Å². The van der Waals surface area contributed by atoms with Crippen molar-refractivity contribution in [3.8, 4) is 0 Å². The maximum Gasteiger partial charge on any atom is 0.141 e. The van der Waals surface area contributed by atoms with Gasteiger partial charge in [-0.1, -0.05) is 13.0 Å². The number of ether oxygens (including phenoxy) is 1. The fraction of sp³-hybridized carbons (Fsp3) is 0.500. The predicted molar refractivity (Wildman–Crippen MR) is 58.7 cm³/mol. The van der Waals surface area contributed by atoms with Crippen LogP contribution in [0.2, 0.25) is 0 Å².